The lowest BCUT2D eigenvalue weighted by atomic mass is 10.3. The summed E-state index contributed by atoms with van der Waals surface area (Å²) in [5.74, 6) is -1.28. The van der Waals surface area contributed by atoms with Crippen LogP contribution in [0.1, 0.15) is 10.4 Å². The molecule has 0 unspecified atom stereocenters. The number of rotatable bonds is 4. The predicted molar refractivity (Wildman–Crippen MR) is 63.0 cm³/mol. The number of carboxylic acid groups (broad SMARTS) is 1. The van der Waals surface area contributed by atoms with Crippen LogP contribution in [0, 0.1) is 0 Å². The monoisotopic (exact) mass is 247 g/mol. The van der Waals surface area contributed by atoms with Crippen molar-refractivity contribution < 1.29 is 14.7 Å². The normalized spacial score (nSPS) is 10.0. The van der Waals surface area contributed by atoms with Crippen molar-refractivity contribution in [3.05, 3.63) is 46.4 Å². The molecule has 7 nitrogen and oxygen atoms in total. The number of benzene rings is 1. The minimum absolute atomic E-state index is 0.329. The molecule has 18 heavy (non-hydrogen) atoms. The number of nitrogens with zero attached hydrogens (tertiary/aromatic N) is 1. The van der Waals surface area contributed by atoms with E-state index in [-0.39, 0.29) is 5.56 Å². The van der Waals surface area contributed by atoms with Gasteiger partial charge in [0.05, 0.1) is 5.69 Å². The molecule has 0 radical (unpaired) electrons. The van der Waals surface area contributed by atoms with Gasteiger partial charge < -0.3 is 10.4 Å². The number of carboxylic acids is 1. The molecule has 0 saturated heterocycles. The highest BCUT2D eigenvalue weighted by molar-refractivity contribution is 5.86. The molecule has 0 bridgehead atoms. The van der Waals surface area contributed by atoms with Gasteiger partial charge in [0.1, 0.15) is 5.56 Å². The molecule has 1 heterocycles. The topological polar surface area (TPSA) is 104 Å². The Kier molecular flexibility index (Phi) is 2.96. The van der Waals surface area contributed by atoms with E-state index >= 15 is 0 Å². The van der Waals surface area contributed by atoms with Gasteiger partial charge in [0, 0.05) is 11.9 Å². The predicted octanol–water partition coefficient (Wildman–Crippen LogP) is 0.432. The molecule has 1 amide bonds. The van der Waals surface area contributed by atoms with Crippen LogP contribution in [0.2, 0.25) is 0 Å². The fourth-order valence-electron chi connectivity index (χ4n) is 1.47. The Balaban J connectivity index is 2.37. The lowest BCUT2D eigenvalue weighted by Gasteiger charge is -2.03. The smallest absolute Gasteiger partial charge is 0.342 e. The average molecular weight is 247 g/mol. The molecule has 92 valence electrons. The summed E-state index contributed by atoms with van der Waals surface area (Å²) in [4.78, 5) is 32.3. The van der Waals surface area contributed by atoms with Gasteiger partial charge in [0.25, 0.3) is 5.56 Å². The van der Waals surface area contributed by atoms with Crippen LogP contribution in [0.5, 0.6) is 0 Å². The number of hydrogen-bond acceptors (Lipinski definition) is 3. The van der Waals surface area contributed by atoms with E-state index in [1.165, 1.54) is 10.9 Å². The number of hydrogen-bond donors (Lipinski definition) is 3. The van der Waals surface area contributed by atoms with E-state index in [0.717, 1.165) is 0 Å². The standard InChI is InChI=1S/C11H9N3O4/c15-6-12-7-1-3-8(4-2-7)14-5-9(11(17)18)10(16)13-14/h1-6H,(H,12,15)(H,13,16)(H,17,18). The Bertz CT molecular complexity index is 639. The number of aromatic amines is 1. The number of aromatic nitrogens is 2. The molecule has 1 aromatic carbocycles. The van der Waals surface area contributed by atoms with E-state index in [4.69, 9.17) is 5.11 Å². The second-order valence-corrected chi connectivity index (χ2v) is 3.47. The molecule has 0 aliphatic heterocycles. The minimum atomic E-state index is -1.28. The van der Waals surface area contributed by atoms with Crippen LogP contribution in [-0.4, -0.2) is 27.3 Å². The van der Waals surface area contributed by atoms with E-state index in [1.807, 2.05) is 0 Å². The summed E-state index contributed by atoms with van der Waals surface area (Å²) in [5.41, 5.74) is 0.181. The number of anilines is 1. The van der Waals surface area contributed by atoms with Crippen molar-refractivity contribution in [1.82, 2.24) is 9.78 Å². The van der Waals surface area contributed by atoms with Gasteiger partial charge in [-0.05, 0) is 24.3 Å². The van der Waals surface area contributed by atoms with Crippen LogP contribution in [0.4, 0.5) is 5.69 Å². The number of nitrogens with one attached hydrogen (secondary N) is 2. The molecule has 0 saturated carbocycles. The number of H-pyrrole nitrogens is 1. The molecular formula is C11H9N3O4. The third kappa shape index (κ3) is 2.14. The second kappa shape index (κ2) is 4.58. The highest BCUT2D eigenvalue weighted by Gasteiger charge is 2.11. The Morgan fingerprint density at radius 3 is 2.50 bits per heavy atom. The Morgan fingerprint density at radius 2 is 2.00 bits per heavy atom. The summed E-state index contributed by atoms with van der Waals surface area (Å²) in [6.07, 6.45) is 1.75. The van der Waals surface area contributed by atoms with Gasteiger partial charge in [-0.25, -0.2) is 4.79 Å². The van der Waals surface area contributed by atoms with Gasteiger partial charge in [-0.1, -0.05) is 0 Å². The third-order valence-corrected chi connectivity index (χ3v) is 2.33. The SMILES string of the molecule is O=CNc1ccc(-n2cc(C(=O)O)c(=O)[nH]2)cc1. The molecular weight excluding hydrogens is 238 g/mol. The maximum absolute atomic E-state index is 11.3. The first-order chi connectivity index (χ1) is 8.61. The van der Waals surface area contributed by atoms with E-state index in [9.17, 15) is 14.4 Å². The summed E-state index contributed by atoms with van der Waals surface area (Å²) < 4.78 is 1.30. The zero-order valence-electron chi connectivity index (χ0n) is 9.08. The first-order valence-corrected chi connectivity index (χ1v) is 4.97. The maximum atomic E-state index is 11.3. The van der Waals surface area contributed by atoms with E-state index in [1.54, 1.807) is 24.3 Å². The minimum Gasteiger partial charge on any atom is -0.477 e. The van der Waals surface area contributed by atoms with Gasteiger partial charge in [0.15, 0.2) is 0 Å². The van der Waals surface area contributed by atoms with E-state index in [0.29, 0.717) is 17.8 Å². The molecule has 2 aromatic rings. The number of aromatic carboxylic acids is 1. The molecule has 0 aliphatic rings. The summed E-state index contributed by atoms with van der Waals surface area (Å²) in [7, 11) is 0. The first kappa shape index (κ1) is 11.6. The second-order valence-electron chi connectivity index (χ2n) is 3.47. The van der Waals surface area contributed by atoms with Crippen molar-refractivity contribution in [2.24, 2.45) is 0 Å². The highest BCUT2D eigenvalue weighted by Crippen LogP contribution is 2.11. The molecule has 0 fully saturated rings. The fraction of sp³-hybridized carbons (Fsp3) is 0. The van der Waals surface area contributed by atoms with Crippen molar-refractivity contribution in [2.75, 3.05) is 5.32 Å². The van der Waals surface area contributed by atoms with Crippen LogP contribution in [0.15, 0.2) is 35.3 Å². The Morgan fingerprint density at radius 1 is 1.33 bits per heavy atom. The van der Waals surface area contributed by atoms with Crippen molar-refractivity contribution >= 4 is 18.1 Å². The summed E-state index contributed by atoms with van der Waals surface area (Å²) in [6.45, 7) is 0. The third-order valence-electron chi connectivity index (χ3n) is 2.33. The number of amides is 1. The lowest BCUT2D eigenvalue weighted by Crippen LogP contribution is -2.11. The van der Waals surface area contributed by atoms with Gasteiger partial charge >= 0.3 is 5.97 Å². The van der Waals surface area contributed by atoms with Gasteiger partial charge in [0.2, 0.25) is 6.41 Å². The van der Waals surface area contributed by atoms with E-state index < -0.39 is 11.5 Å². The van der Waals surface area contributed by atoms with E-state index in [2.05, 4.69) is 10.4 Å². The fourth-order valence-corrected chi connectivity index (χ4v) is 1.47. The lowest BCUT2D eigenvalue weighted by molar-refractivity contribution is -0.105. The molecule has 0 atom stereocenters. The number of carbonyl (C=O) groups is 2. The molecule has 0 aliphatic carbocycles. The summed E-state index contributed by atoms with van der Waals surface area (Å²) in [5, 5.41) is 13.6. The largest absolute Gasteiger partial charge is 0.477 e. The van der Waals surface area contributed by atoms with Crippen LogP contribution in [0.25, 0.3) is 5.69 Å². The van der Waals surface area contributed by atoms with Crippen LogP contribution in [-0.2, 0) is 4.79 Å². The molecule has 7 heteroatoms. The Labute approximate surface area is 101 Å². The highest BCUT2D eigenvalue weighted by atomic mass is 16.4. The quantitative estimate of drug-likeness (QED) is 0.681. The zero-order chi connectivity index (χ0) is 13.1. The van der Waals surface area contributed by atoms with Crippen molar-refractivity contribution in [3.63, 3.8) is 0 Å². The average Bonchev–Trinajstić information content (AvgIpc) is 2.73. The van der Waals surface area contributed by atoms with Crippen molar-refractivity contribution in [1.29, 1.82) is 0 Å². The number of carbonyl (C=O) groups excluding carboxylic acids is 1. The van der Waals surface area contributed by atoms with Gasteiger partial charge in [-0.15, -0.1) is 0 Å². The van der Waals surface area contributed by atoms with Crippen molar-refractivity contribution in [2.45, 2.75) is 0 Å². The molecule has 0 spiro atoms. The first-order valence-electron chi connectivity index (χ1n) is 4.97. The van der Waals surface area contributed by atoms with Gasteiger partial charge in [-0.3, -0.25) is 19.4 Å². The molecule has 2 rings (SSSR count). The van der Waals surface area contributed by atoms with Crippen LogP contribution >= 0.6 is 0 Å². The van der Waals surface area contributed by atoms with Crippen LogP contribution < -0.4 is 10.9 Å². The summed E-state index contributed by atoms with van der Waals surface area (Å²) >= 11 is 0. The molecule has 3 N–H and O–H groups in total. The van der Waals surface area contributed by atoms with Gasteiger partial charge in [-0.2, -0.15) is 0 Å². The maximum Gasteiger partial charge on any atom is 0.342 e. The zero-order valence-corrected chi connectivity index (χ0v) is 9.08. The molecule has 1 aromatic heterocycles. The Hall–Kier alpha value is -2.83. The summed E-state index contributed by atoms with van der Waals surface area (Å²) in [6, 6.07) is 6.52. The van der Waals surface area contributed by atoms with Crippen molar-refractivity contribution in [3.8, 4) is 5.69 Å². The van der Waals surface area contributed by atoms with Crippen LogP contribution in [0.3, 0.4) is 0 Å².